The number of guanidine groups is 1. The first kappa shape index (κ1) is 24.2. The monoisotopic (exact) mass is 549 g/mol. The molecule has 2 aliphatic heterocycles. The average Bonchev–Trinajstić information content (AvgIpc) is 3.26. The van der Waals surface area contributed by atoms with Gasteiger partial charge in [-0.3, -0.25) is 9.79 Å². The maximum Gasteiger partial charge on any atom is 0.265 e. The number of hydrogen-bond donors (Lipinski definition) is 2. The van der Waals surface area contributed by atoms with Crippen molar-refractivity contribution < 1.29 is 9.53 Å². The number of nitrogens with one attached hydrogen (secondary N) is 2. The number of fused-ring (bicyclic) bond motifs is 1. The largest absolute Gasteiger partial charge is 0.482 e. The van der Waals surface area contributed by atoms with E-state index in [0.29, 0.717) is 12.6 Å². The smallest absolute Gasteiger partial charge is 0.265 e. The molecule has 8 heteroatoms. The molecule has 0 aliphatic carbocycles. The maximum atomic E-state index is 12.3. The molecule has 1 saturated heterocycles. The summed E-state index contributed by atoms with van der Waals surface area (Å²) in [6.45, 7) is 5.60. The molecule has 32 heavy (non-hydrogen) atoms. The predicted molar refractivity (Wildman–Crippen MR) is 141 cm³/mol. The van der Waals surface area contributed by atoms with Crippen LogP contribution in [0.3, 0.4) is 0 Å². The molecule has 2 N–H and O–H groups in total. The van der Waals surface area contributed by atoms with Crippen LogP contribution in [0.15, 0.2) is 53.5 Å². The van der Waals surface area contributed by atoms with E-state index in [-0.39, 0.29) is 36.5 Å². The van der Waals surface area contributed by atoms with E-state index in [1.165, 1.54) is 11.3 Å². The number of hydrogen-bond acceptors (Lipinski definition) is 4. The number of carbonyl (C=O) groups excluding carboxylic acids is 1. The molecule has 2 aromatic rings. The number of aliphatic imine (C=N–C) groups is 1. The highest BCUT2D eigenvalue weighted by atomic mass is 127. The van der Waals surface area contributed by atoms with E-state index >= 15 is 0 Å². The minimum absolute atomic E-state index is 0. The first-order chi connectivity index (χ1) is 15.1. The second kappa shape index (κ2) is 11.4. The van der Waals surface area contributed by atoms with Gasteiger partial charge in [0.15, 0.2) is 12.6 Å². The highest BCUT2D eigenvalue weighted by Gasteiger charge is 2.25. The molecule has 2 aromatic carbocycles. The first-order valence-electron chi connectivity index (χ1n) is 10.9. The third kappa shape index (κ3) is 5.85. The molecule has 1 fully saturated rings. The second-order valence-corrected chi connectivity index (χ2v) is 8.07. The molecule has 0 saturated carbocycles. The minimum Gasteiger partial charge on any atom is -0.482 e. The van der Waals surface area contributed by atoms with Gasteiger partial charge in [0.05, 0.1) is 5.69 Å². The molecule has 1 amide bonds. The molecule has 0 spiro atoms. The van der Waals surface area contributed by atoms with Gasteiger partial charge in [-0.2, -0.15) is 0 Å². The number of aryl methyl sites for hydroxylation is 1. The summed E-state index contributed by atoms with van der Waals surface area (Å²) in [6.07, 6.45) is 1.90. The van der Waals surface area contributed by atoms with Crippen LogP contribution in [-0.2, 0) is 4.79 Å². The molecule has 0 radical (unpaired) electrons. The van der Waals surface area contributed by atoms with Crippen molar-refractivity contribution in [1.82, 2.24) is 10.6 Å². The molecule has 7 nitrogen and oxygen atoms in total. The van der Waals surface area contributed by atoms with Crippen LogP contribution in [0.4, 0.5) is 11.4 Å². The van der Waals surface area contributed by atoms with Gasteiger partial charge >= 0.3 is 0 Å². The lowest BCUT2D eigenvalue weighted by atomic mass is 10.2. The summed E-state index contributed by atoms with van der Waals surface area (Å²) >= 11 is 0. The SMILES string of the molecule is CN=C(NCCCN1C(=O)COc2ccccc21)NC1CCN(c2ccc(C)cc2)C1.I. The summed E-state index contributed by atoms with van der Waals surface area (Å²) in [5.41, 5.74) is 3.40. The Hall–Kier alpha value is -2.49. The lowest BCUT2D eigenvalue weighted by Crippen LogP contribution is -2.45. The summed E-state index contributed by atoms with van der Waals surface area (Å²) in [7, 11) is 1.80. The molecule has 2 heterocycles. The van der Waals surface area contributed by atoms with Gasteiger partial charge < -0.3 is 25.2 Å². The topological polar surface area (TPSA) is 69.2 Å². The Morgan fingerprint density at radius 2 is 1.97 bits per heavy atom. The molecular formula is C24H32IN5O2. The lowest BCUT2D eigenvalue weighted by Gasteiger charge is -2.29. The minimum atomic E-state index is 0. The van der Waals surface area contributed by atoms with E-state index in [4.69, 9.17) is 4.74 Å². The fourth-order valence-electron chi connectivity index (χ4n) is 4.10. The molecule has 1 unspecified atom stereocenters. The van der Waals surface area contributed by atoms with Gasteiger partial charge in [0.2, 0.25) is 0 Å². The Kier molecular flexibility index (Phi) is 8.60. The number of benzene rings is 2. The van der Waals surface area contributed by atoms with Crippen LogP contribution >= 0.6 is 24.0 Å². The quantitative estimate of drug-likeness (QED) is 0.251. The standard InChI is InChI=1S/C24H31N5O2.HI/c1-18-8-10-20(11-9-18)28-15-12-19(16-28)27-24(25-2)26-13-5-14-29-21-6-3-4-7-22(21)31-17-23(29)30;/h3-4,6-11,19H,5,12-17H2,1-2H3,(H2,25,26,27);1H. The Morgan fingerprint density at radius 1 is 1.19 bits per heavy atom. The van der Waals surface area contributed by atoms with E-state index in [9.17, 15) is 4.79 Å². The van der Waals surface area contributed by atoms with E-state index in [0.717, 1.165) is 49.9 Å². The molecular weight excluding hydrogens is 517 g/mol. The first-order valence-corrected chi connectivity index (χ1v) is 10.9. The highest BCUT2D eigenvalue weighted by molar-refractivity contribution is 14.0. The van der Waals surface area contributed by atoms with Crippen molar-refractivity contribution in [2.45, 2.75) is 25.8 Å². The van der Waals surface area contributed by atoms with Gasteiger partial charge in [-0.05, 0) is 44.0 Å². The third-order valence-corrected chi connectivity index (χ3v) is 5.81. The molecule has 0 bridgehead atoms. The van der Waals surface area contributed by atoms with E-state index in [2.05, 4.69) is 51.7 Å². The summed E-state index contributed by atoms with van der Waals surface area (Å²) in [6, 6.07) is 16.8. The van der Waals surface area contributed by atoms with Crippen molar-refractivity contribution in [1.29, 1.82) is 0 Å². The van der Waals surface area contributed by atoms with Crippen molar-refractivity contribution in [3.05, 3.63) is 54.1 Å². The van der Waals surface area contributed by atoms with Crippen LogP contribution in [-0.4, -0.2) is 57.7 Å². The fourth-order valence-corrected chi connectivity index (χ4v) is 4.10. The number of anilines is 2. The number of rotatable bonds is 6. The normalized spacial score (nSPS) is 18.0. The van der Waals surface area contributed by atoms with Crippen LogP contribution in [0.1, 0.15) is 18.4 Å². The Balaban J connectivity index is 0.00000289. The summed E-state index contributed by atoms with van der Waals surface area (Å²) in [5.74, 6) is 1.58. The average molecular weight is 549 g/mol. The van der Waals surface area contributed by atoms with Gasteiger partial charge in [0, 0.05) is 45.0 Å². The summed E-state index contributed by atoms with van der Waals surface area (Å²) in [5, 5.41) is 6.92. The second-order valence-electron chi connectivity index (χ2n) is 8.07. The maximum absolute atomic E-state index is 12.3. The van der Waals surface area contributed by atoms with Gasteiger partial charge in [0.25, 0.3) is 5.91 Å². The molecule has 2 aliphatic rings. The Morgan fingerprint density at radius 3 is 2.75 bits per heavy atom. The van der Waals surface area contributed by atoms with Crippen LogP contribution < -0.4 is 25.2 Å². The zero-order valence-corrected chi connectivity index (χ0v) is 21.0. The van der Waals surface area contributed by atoms with Gasteiger partial charge in [-0.1, -0.05) is 29.8 Å². The van der Waals surface area contributed by atoms with E-state index in [1.54, 1.807) is 7.05 Å². The summed E-state index contributed by atoms with van der Waals surface area (Å²) in [4.78, 5) is 20.9. The zero-order chi connectivity index (χ0) is 21.6. The van der Waals surface area contributed by atoms with Gasteiger partial charge in [-0.15, -0.1) is 24.0 Å². The Bertz CT molecular complexity index is 934. The van der Waals surface area contributed by atoms with Crippen molar-refractivity contribution >= 4 is 47.2 Å². The molecule has 1 atom stereocenters. The van der Waals surface area contributed by atoms with Gasteiger partial charge in [0.1, 0.15) is 5.75 Å². The van der Waals surface area contributed by atoms with Crippen LogP contribution in [0.2, 0.25) is 0 Å². The number of halogens is 1. The van der Waals surface area contributed by atoms with Crippen LogP contribution in [0.5, 0.6) is 5.75 Å². The zero-order valence-electron chi connectivity index (χ0n) is 18.7. The Labute approximate surface area is 207 Å². The van der Waals surface area contributed by atoms with E-state index < -0.39 is 0 Å². The van der Waals surface area contributed by atoms with Crippen molar-refractivity contribution in [3.63, 3.8) is 0 Å². The fraction of sp³-hybridized carbons (Fsp3) is 0.417. The number of para-hydroxylation sites is 2. The number of carbonyl (C=O) groups is 1. The molecule has 0 aromatic heterocycles. The molecule has 4 rings (SSSR count). The highest BCUT2D eigenvalue weighted by Crippen LogP contribution is 2.31. The summed E-state index contributed by atoms with van der Waals surface area (Å²) < 4.78 is 5.51. The number of nitrogens with zero attached hydrogens (tertiary/aromatic N) is 3. The van der Waals surface area contributed by atoms with Crippen molar-refractivity contribution in [2.24, 2.45) is 4.99 Å². The predicted octanol–water partition coefficient (Wildman–Crippen LogP) is 3.17. The number of amides is 1. The van der Waals surface area contributed by atoms with Gasteiger partial charge in [-0.25, -0.2) is 0 Å². The van der Waals surface area contributed by atoms with E-state index in [1.807, 2.05) is 29.2 Å². The number of ether oxygens (including phenoxy) is 1. The van der Waals surface area contributed by atoms with Crippen LogP contribution in [0.25, 0.3) is 0 Å². The third-order valence-electron chi connectivity index (χ3n) is 5.81. The molecule has 172 valence electrons. The van der Waals surface area contributed by atoms with Crippen molar-refractivity contribution in [2.75, 3.05) is 49.6 Å². The van der Waals surface area contributed by atoms with Crippen LogP contribution in [0, 0.1) is 6.92 Å². The van der Waals surface area contributed by atoms with Crippen molar-refractivity contribution in [3.8, 4) is 5.75 Å². The lowest BCUT2D eigenvalue weighted by molar-refractivity contribution is -0.121.